The average Bonchev–Trinajstić information content (AvgIpc) is 3.48. The minimum Gasteiger partial charge on any atom is -0.355 e. The van der Waals surface area contributed by atoms with E-state index in [-0.39, 0.29) is 18.2 Å². The lowest BCUT2D eigenvalue weighted by molar-refractivity contribution is 0.103. The van der Waals surface area contributed by atoms with Crippen LogP contribution in [0.4, 0.5) is 0 Å². The van der Waals surface area contributed by atoms with E-state index in [1.165, 1.54) is 9.59 Å². The van der Waals surface area contributed by atoms with Crippen LogP contribution >= 0.6 is 12.4 Å². The normalized spacial score (nSPS) is 11.0. The summed E-state index contributed by atoms with van der Waals surface area (Å²) in [5.74, 6) is 0.871. The molecule has 12 heteroatoms. The van der Waals surface area contributed by atoms with Gasteiger partial charge in [0.2, 0.25) is 11.6 Å². The van der Waals surface area contributed by atoms with E-state index in [1.54, 1.807) is 0 Å². The highest BCUT2D eigenvalue weighted by Gasteiger charge is 2.27. The summed E-state index contributed by atoms with van der Waals surface area (Å²) >= 11 is 0. The summed E-state index contributed by atoms with van der Waals surface area (Å²) in [4.78, 5) is 23.1. The molecule has 0 aromatic carbocycles. The van der Waals surface area contributed by atoms with Crippen LogP contribution in [0, 0.1) is 27.7 Å². The van der Waals surface area contributed by atoms with Crippen molar-refractivity contribution < 1.29 is 4.79 Å². The number of nitrogens with one attached hydrogen (secondary N) is 2. The number of carbonyl (C=O) groups is 1. The molecule has 4 aromatic heterocycles. The van der Waals surface area contributed by atoms with Gasteiger partial charge in [0.1, 0.15) is 0 Å². The van der Waals surface area contributed by atoms with E-state index in [0.717, 1.165) is 22.5 Å². The lowest BCUT2D eigenvalue weighted by Crippen LogP contribution is -2.06. The van der Waals surface area contributed by atoms with Crippen LogP contribution < -0.4 is 0 Å². The first-order valence-corrected chi connectivity index (χ1v) is 9.85. The van der Waals surface area contributed by atoms with Crippen molar-refractivity contribution in [3.8, 4) is 23.0 Å². The van der Waals surface area contributed by atoms with E-state index >= 15 is 0 Å². The van der Waals surface area contributed by atoms with Crippen molar-refractivity contribution in [1.29, 1.82) is 0 Å². The number of tetrazole rings is 2. The van der Waals surface area contributed by atoms with Crippen LogP contribution in [0.3, 0.4) is 0 Å². The van der Waals surface area contributed by atoms with Gasteiger partial charge < -0.3 is 9.97 Å². The topological polar surface area (TPSA) is 136 Å². The van der Waals surface area contributed by atoms with Crippen molar-refractivity contribution in [2.24, 2.45) is 0 Å². The maximum absolute atomic E-state index is 13.6. The zero-order valence-electron chi connectivity index (χ0n) is 18.3. The van der Waals surface area contributed by atoms with Gasteiger partial charge in [0.15, 0.2) is 5.78 Å². The summed E-state index contributed by atoms with van der Waals surface area (Å²) in [5, 5.41) is 24.9. The second-order valence-electron chi connectivity index (χ2n) is 7.18. The summed E-state index contributed by atoms with van der Waals surface area (Å²) in [6, 6.07) is 0. The van der Waals surface area contributed by atoms with Gasteiger partial charge in [0.05, 0.1) is 24.5 Å². The van der Waals surface area contributed by atoms with E-state index in [4.69, 9.17) is 0 Å². The molecular weight excluding hydrogens is 420 g/mol. The molecule has 0 saturated heterocycles. The molecule has 0 radical (unpaired) electrons. The van der Waals surface area contributed by atoms with Crippen LogP contribution in [0.25, 0.3) is 23.0 Å². The predicted octanol–water partition coefficient (Wildman–Crippen LogP) is 2.58. The van der Waals surface area contributed by atoms with Crippen LogP contribution in [0.5, 0.6) is 0 Å². The molecule has 0 aliphatic heterocycles. The van der Waals surface area contributed by atoms with Gasteiger partial charge in [0, 0.05) is 22.5 Å². The zero-order valence-corrected chi connectivity index (χ0v) is 19.1. The van der Waals surface area contributed by atoms with Crippen molar-refractivity contribution in [2.45, 2.75) is 54.6 Å². The van der Waals surface area contributed by atoms with E-state index in [9.17, 15) is 4.79 Å². The van der Waals surface area contributed by atoms with Gasteiger partial charge in [-0.25, -0.2) is 0 Å². The number of carbonyl (C=O) groups excluding carboxylic acids is 1. The Morgan fingerprint density at radius 1 is 0.774 bits per heavy atom. The Bertz CT molecular complexity index is 1150. The van der Waals surface area contributed by atoms with Crippen LogP contribution in [0.15, 0.2) is 0 Å². The number of H-pyrrole nitrogens is 2. The van der Waals surface area contributed by atoms with Gasteiger partial charge in [-0.15, -0.1) is 32.8 Å². The first kappa shape index (κ1) is 22.3. The van der Waals surface area contributed by atoms with Gasteiger partial charge >= 0.3 is 0 Å². The number of halogens is 1. The highest BCUT2D eigenvalue weighted by molar-refractivity contribution is 6.13. The molecule has 0 saturated carbocycles. The van der Waals surface area contributed by atoms with Crippen molar-refractivity contribution >= 4 is 18.2 Å². The number of hydrogen-bond donors (Lipinski definition) is 2. The molecule has 164 valence electrons. The maximum Gasteiger partial charge on any atom is 0.221 e. The quantitative estimate of drug-likeness (QED) is 0.436. The van der Waals surface area contributed by atoms with Crippen molar-refractivity contribution in [2.75, 3.05) is 0 Å². The summed E-state index contributed by atoms with van der Waals surface area (Å²) in [5.41, 5.74) is 5.74. The van der Waals surface area contributed by atoms with Crippen LogP contribution in [-0.4, -0.2) is 56.2 Å². The molecule has 0 aliphatic rings. The monoisotopic (exact) mass is 444 g/mol. The van der Waals surface area contributed by atoms with Gasteiger partial charge in [-0.3, -0.25) is 4.79 Å². The Kier molecular flexibility index (Phi) is 6.07. The smallest absolute Gasteiger partial charge is 0.221 e. The van der Waals surface area contributed by atoms with Gasteiger partial charge in [0.25, 0.3) is 0 Å². The fourth-order valence-electron chi connectivity index (χ4n) is 3.71. The molecular formula is C19H25ClN10O. The fraction of sp³-hybridized carbons (Fsp3) is 0.421. The maximum atomic E-state index is 13.6. The molecule has 0 spiro atoms. The molecule has 0 aliphatic carbocycles. The average molecular weight is 445 g/mol. The van der Waals surface area contributed by atoms with Crippen LogP contribution in [-0.2, 0) is 13.1 Å². The number of rotatable bonds is 6. The molecule has 0 fully saturated rings. The Balaban J connectivity index is 0.00000272. The molecule has 0 amide bonds. The molecule has 0 unspecified atom stereocenters. The first-order valence-electron chi connectivity index (χ1n) is 9.85. The van der Waals surface area contributed by atoms with Gasteiger partial charge in [-0.05, 0) is 63.1 Å². The second kappa shape index (κ2) is 8.42. The van der Waals surface area contributed by atoms with Crippen LogP contribution in [0.1, 0.15) is 52.3 Å². The number of aryl methyl sites for hydroxylation is 4. The van der Waals surface area contributed by atoms with Crippen LogP contribution in [0.2, 0.25) is 0 Å². The molecule has 0 atom stereocenters. The van der Waals surface area contributed by atoms with E-state index in [0.29, 0.717) is 47.3 Å². The Morgan fingerprint density at radius 2 is 1.16 bits per heavy atom. The zero-order chi connectivity index (χ0) is 21.6. The molecule has 31 heavy (non-hydrogen) atoms. The minimum absolute atomic E-state index is 0. The third kappa shape index (κ3) is 3.65. The lowest BCUT2D eigenvalue weighted by atomic mass is 9.96. The van der Waals surface area contributed by atoms with Gasteiger partial charge in [-0.1, -0.05) is 0 Å². The Labute approximate surface area is 185 Å². The van der Waals surface area contributed by atoms with E-state index in [1.807, 2.05) is 41.5 Å². The highest BCUT2D eigenvalue weighted by atomic mass is 35.5. The molecule has 4 heterocycles. The molecule has 0 bridgehead atoms. The standard InChI is InChI=1S/C19H24N10O.ClH/c1-7-28-24-18(22-26-28)15-9(3)13(11(5)20-15)17(30)14-10(4)16(21-12(14)6)19-23-27-29(8-2)25-19;/h20-21H,7-8H2,1-6H3;1H. The molecule has 11 nitrogen and oxygen atoms in total. The lowest BCUT2D eigenvalue weighted by Gasteiger charge is -2.04. The number of aromatic amines is 2. The van der Waals surface area contributed by atoms with Crippen molar-refractivity contribution in [3.63, 3.8) is 0 Å². The van der Waals surface area contributed by atoms with Gasteiger partial charge in [-0.2, -0.15) is 9.59 Å². The third-order valence-electron chi connectivity index (χ3n) is 5.25. The largest absolute Gasteiger partial charge is 0.355 e. The molecule has 2 N–H and O–H groups in total. The highest BCUT2D eigenvalue weighted by Crippen LogP contribution is 2.31. The number of nitrogens with zero attached hydrogens (tertiary/aromatic N) is 8. The molecule has 4 aromatic rings. The SMILES string of the molecule is CCn1nnc(-c2[nH]c(C)c(C(=O)c3c(C)[nH]c(-c4nnn(CC)n4)c3C)c2C)n1.Cl. The Hall–Kier alpha value is -3.34. The summed E-state index contributed by atoms with van der Waals surface area (Å²) in [6.07, 6.45) is 0. The Morgan fingerprint density at radius 3 is 1.48 bits per heavy atom. The second-order valence-corrected chi connectivity index (χ2v) is 7.18. The van der Waals surface area contributed by atoms with Crippen molar-refractivity contribution in [3.05, 3.63) is 33.6 Å². The summed E-state index contributed by atoms with van der Waals surface area (Å²) in [6.45, 7) is 12.7. The van der Waals surface area contributed by atoms with E-state index < -0.39 is 0 Å². The predicted molar refractivity (Wildman–Crippen MR) is 116 cm³/mol. The fourth-order valence-corrected chi connectivity index (χ4v) is 3.71. The summed E-state index contributed by atoms with van der Waals surface area (Å²) < 4.78 is 0. The van der Waals surface area contributed by atoms with Crippen molar-refractivity contribution in [1.82, 2.24) is 50.4 Å². The minimum atomic E-state index is -0.0734. The number of hydrogen-bond acceptors (Lipinski definition) is 7. The number of ketones is 1. The van der Waals surface area contributed by atoms with E-state index in [2.05, 4.69) is 40.8 Å². The third-order valence-corrected chi connectivity index (χ3v) is 5.25. The number of aromatic nitrogens is 10. The summed E-state index contributed by atoms with van der Waals surface area (Å²) in [7, 11) is 0. The first-order chi connectivity index (χ1) is 14.3. The molecule has 4 rings (SSSR count).